The molecule has 0 aromatic heterocycles. The summed E-state index contributed by atoms with van der Waals surface area (Å²) in [7, 11) is 2.09. The SMILES string of the molecule is CN(CCC(=O)N1CCc2ccccc21)Cc1cccc2ccccc12. The molecule has 0 saturated carbocycles. The second kappa shape index (κ2) is 7.30. The molecule has 3 nitrogen and oxygen atoms in total. The van der Waals surface area contributed by atoms with Crippen LogP contribution in [0.5, 0.6) is 0 Å². The summed E-state index contributed by atoms with van der Waals surface area (Å²) in [5.74, 6) is 0.222. The average molecular weight is 344 g/mol. The fourth-order valence-electron chi connectivity index (χ4n) is 3.82. The Labute approximate surface area is 154 Å². The molecule has 0 spiro atoms. The Hall–Kier alpha value is -2.65. The molecule has 4 rings (SSSR count). The molecule has 26 heavy (non-hydrogen) atoms. The van der Waals surface area contributed by atoms with E-state index in [9.17, 15) is 4.79 Å². The molecule has 0 unspecified atom stereocenters. The van der Waals surface area contributed by atoms with Gasteiger partial charge in [0.15, 0.2) is 0 Å². The van der Waals surface area contributed by atoms with Crippen LogP contribution >= 0.6 is 0 Å². The molecule has 132 valence electrons. The highest BCUT2D eigenvalue weighted by atomic mass is 16.2. The van der Waals surface area contributed by atoms with Gasteiger partial charge in [-0.3, -0.25) is 4.79 Å². The molecule has 0 aliphatic carbocycles. The first kappa shape index (κ1) is 16.8. The lowest BCUT2D eigenvalue weighted by Crippen LogP contribution is -2.32. The van der Waals surface area contributed by atoms with Crippen LogP contribution in [0.3, 0.4) is 0 Å². The number of carbonyl (C=O) groups excluding carboxylic acids is 1. The molecule has 1 aliphatic rings. The first-order valence-corrected chi connectivity index (χ1v) is 9.26. The first-order valence-electron chi connectivity index (χ1n) is 9.26. The lowest BCUT2D eigenvalue weighted by atomic mass is 10.0. The number of anilines is 1. The van der Waals surface area contributed by atoms with E-state index in [4.69, 9.17) is 0 Å². The molecule has 0 atom stereocenters. The van der Waals surface area contributed by atoms with Gasteiger partial charge in [-0.05, 0) is 41.4 Å². The van der Waals surface area contributed by atoms with E-state index < -0.39 is 0 Å². The normalized spacial score (nSPS) is 13.4. The Morgan fingerprint density at radius 3 is 2.69 bits per heavy atom. The number of para-hydroxylation sites is 1. The zero-order valence-electron chi connectivity index (χ0n) is 15.2. The van der Waals surface area contributed by atoms with Crippen molar-refractivity contribution in [1.82, 2.24) is 4.90 Å². The third-order valence-electron chi connectivity index (χ3n) is 5.22. The summed E-state index contributed by atoms with van der Waals surface area (Å²) in [5.41, 5.74) is 3.68. The summed E-state index contributed by atoms with van der Waals surface area (Å²) in [6.45, 7) is 2.43. The van der Waals surface area contributed by atoms with Crippen LogP contribution in [-0.2, 0) is 17.8 Å². The van der Waals surface area contributed by atoms with Crippen molar-refractivity contribution in [2.24, 2.45) is 0 Å². The molecule has 0 radical (unpaired) electrons. The molecule has 1 heterocycles. The highest BCUT2D eigenvalue weighted by molar-refractivity contribution is 5.95. The van der Waals surface area contributed by atoms with Crippen LogP contribution in [0.2, 0.25) is 0 Å². The van der Waals surface area contributed by atoms with Gasteiger partial charge < -0.3 is 9.80 Å². The maximum absolute atomic E-state index is 12.7. The predicted molar refractivity (Wildman–Crippen MR) is 107 cm³/mol. The molecule has 3 heteroatoms. The standard InChI is InChI=1S/C23H24N2O/c1-24(17-20-10-6-9-18-7-2-4-11-21(18)20)15-14-23(26)25-16-13-19-8-3-5-12-22(19)25/h2-12H,13-17H2,1H3. The molecule has 0 N–H and O–H groups in total. The van der Waals surface area contributed by atoms with Gasteiger partial charge in [-0.1, -0.05) is 60.7 Å². The number of amides is 1. The van der Waals surface area contributed by atoms with Crippen LogP contribution in [0.25, 0.3) is 10.8 Å². The number of hydrogen-bond donors (Lipinski definition) is 0. The molecule has 3 aromatic rings. The summed E-state index contributed by atoms with van der Waals surface area (Å²) in [6.07, 6.45) is 1.52. The summed E-state index contributed by atoms with van der Waals surface area (Å²) in [6, 6.07) is 23.1. The zero-order chi connectivity index (χ0) is 17.9. The fourth-order valence-corrected chi connectivity index (χ4v) is 3.82. The van der Waals surface area contributed by atoms with Crippen molar-refractivity contribution in [3.8, 4) is 0 Å². The number of nitrogens with zero attached hydrogens (tertiary/aromatic N) is 2. The smallest absolute Gasteiger partial charge is 0.228 e. The summed E-state index contributed by atoms with van der Waals surface area (Å²) >= 11 is 0. The van der Waals surface area contributed by atoms with E-state index in [2.05, 4.69) is 66.5 Å². The fraction of sp³-hybridized carbons (Fsp3) is 0.261. The van der Waals surface area contributed by atoms with E-state index in [0.717, 1.165) is 31.7 Å². The highest BCUT2D eigenvalue weighted by Gasteiger charge is 2.23. The number of hydrogen-bond acceptors (Lipinski definition) is 2. The molecular weight excluding hydrogens is 320 g/mol. The van der Waals surface area contributed by atoms with Gasteiger partial charge in [-0.15, -0.1) is 0 Å². The molecule has 0 bridgehead atoms. The monoisotopic (exact) mass is 344 g/mol. The summed E-state index contributed by atoms with van der Waals surface area (Å²) in [4.78, 5) is 16.9. The number of benzene rings is 3. The Morgan fingerprint density at radius 2 is 1.77 bits per heavy atom. The van der Waals surface area contributed by atoms with E-state index in [-0.39, 0.29) is 5.91 Å². The third-order valence-corrected chi connectivity index (χ3v) is 5.22. The van der Waals surface area contributed by atoms with Gasteiger partial charge in [0.25, 0.3) is 0 Å². The van der Waals surface area contributed by atoms with Crippen molar-refractivity contribution in [1.29, 1.82) is 0 Å². The van der Waals surface area contributed by atoms with Crippen LogP contribution in [-0.4, -0.2) is 30.9 Å². The minimum Gasteiger partial charge on any atom is -0.312 e. The molecule has 0 fully saturated rings. The van der Waals surface area contributed by atoms with Crippen LogP contribution < -0.4 is 4.90 Å². The Balaban J connectivity index is 1.38. The van der Waals surface area contributed by atoms with Crippen LogP contribution in [0, 0.1) is 0 Å². The zero-order valence-corrected chi connectivity index (χ0v) is 15.2. The van der Waals surface area contributed by atoms with Crippen molar-refractivity contribution < 1.29 is 4.79 Å². The van der Waals surface area contributed by atoms with Gasteiger partial charge in [-0.25, -0.2) is 0 Å². The predicted octanol–water partition coefficient (Wildman–Crippen LogP) is 4.25. The number of rotatable bonds is 5. The minimum atomic E-state index is 0.222. The third kappa shape index (κ3) is 3.35. The Bertz CT molecular complexity index is 929. The average Bonchev–Trinajstić information content (AvgIpc) is 3.11. The second-order valence-corrected chi connectivity index (χ2v) is 7.05. The van der Waals surface area contributed by atoms with Crippen LogP contribution in [0.15, 0.2) is 66.7 Å². The van der Waals surface area contributed by atoms with Crippen molar-refractivity contribution in [2.45, 2.75) is 19.4 Å². The van der Waals surface area contributed by atoms with Crippen LogP contribution in [0.1, 0.15) is 17.5 Å². The van der Waals surface area contributed by atoms with Gasteiger partial charge in [0, 0.05) is 31.7 Å². The van der Waals surface area contributed by atoms with E-state index in [0.29, 0.717) is 6.42 Å². The van der Waals surface area contributed by atoms with Crippen LogP contribution in [0.4, 0.5) is 5.69 Å². The van der Waals surface area contributed by atoms with Crippen molar-refractivity contribution in [2.75, 3.05) is 25.0 Å². The number of fused-ring (bicyclic) bond motifs is 2. The van der Waals surface area contributed by atoms with Gasteiger partial charge in [0.1, 0.15) is 0 Å². The Morgan fingerprint density at radius 1 is 1.00 bits per heavy atom. The molecule has 1 aliphatic heterocycles. The van der Waals surface area contributed by atoms with Gasteiger partial charge in [0.2, 0.25) is 5.91 Å². The minimum absolute atomic E-state index is 0.222. The van der Waals surface area contributed by atoms with Crippen molar-refractivity contribution >= 4 is 22.4 Å². The summed E-state index contributed by atoms with van der Waals surface area (Å²) in [5, 5.41) is 2.56. The number of carbonyl (C=O) groups is 1. The van der Waals surface area contributed by atoms with Gasteiger partial charge in [-0.2, -0.15) is 0 Å². The maximum Gasteiger partial charge on any atom is 0.228 e. The van der Waals surface area contributed by atoms with Crippen molar-refractivity contribution in [3.63, 3.8) is 0 Å². The van der Waals surface area contributed by atoms with E-state index in [1.165, 1.54) is 21.9 Å². The largest absolute Gasteiger partial charge is 0.312 e. The molecule has 3 aromatic carbocycles. The first-order chi connectivity index (χ1) is 12.7. The van der Waals surface area contributed by atoms with E-state index in [1.54, 1.807) is 0 Å². The van der Waals surface area contributed by atoms with Gasteiger partial charge >= 0.3 is 0 Å². The molecular formula is C23H24N2O. The molecule has 1 amide bonds. The van der Waals surface area contributed by atoms with Gasteiger partial charge in [0.05, 0.1) is 0 Å². The lowest BCUT2D eigenvalue weighted by Gasteiger charge is -2.21. The maximum atomic E-state index is 12.7. The van der Waals surface area contributed by atoms with E-state index in [1.807, 2.05) is 17.0 Å². The van der Waals surface area contributed by atoms with E-state index >= 15 is 0 Å². The van der Waals surface area contributed by atoms with Crippen molar-refractivity contribution in [3.05, 3.63) is 77.9 Å². The summed E-state index contributed by atoms with van der Waals surface area (Å²) < 4.78 is 0. The quantitative estimate of drug-likeness (QED) is 0.691. The Kier molecular flexibility index (Phi) is 4.72. The second-order valence-electron chi connectivity index (χ2n) is 7.05. The topological polar surface area (TPSA) is 23.6 Å². The highest BCUT2D eigenvalue weighted by Crippen LogP contribution is 2.28. The lowest BCUT2D eigenvalue weighted by molar-refractivity contribution is -0.118. The molecule has 0 saturated heterocycles.